The van der Waals surface area contributed by atoms with E-state index in [9.17, 15) is 0 Å². The molecule has 1 rings (SSSR count). The fourth-order valence-electron chi connectivity index (χ4n) is 2.78. The molecule has 0 amide bonds. The first-order valence-electron chi connectivity index (χ1n) is 6.61. The van der Waals surface area contributed by atoms with E-state index in [4.69, 9.17) is 5.73 Å². The zero-order chi connectivity index (χ0) is 11.3. The highest BCUT2D eigenvalue weighted by molar-refractivity contribution is 4.82. The lowest BCUT2D eigenvalue weighted by atomic mass is 10.0. The number of rotatable bonds is 6. The Morgan fingerprint density at radius 1 is 1.40 bits per heavy atom. The average molecular weight is 212 g/mol. The minimum absolute atomic E-state index is 0.631. The second-order valence-corrected chi connectivity index (χ2v) is 5.46. The molecule has 15 heavy (non-hydrogen) atoms. The maximum absolute atomic E-state index is 5.88. The Balaban J connectivity index is 2.35. The first-order chi connectivity index (χ1) is 7.17. The maximum Gasteiger partial charge on any atom is 0.0220 e. The molecular weight excluding hydrogens is 184 g/mol. The summed E-state index contributed by atoms with van der Waals surface area (Å²) in [5.74, 6) is 1.71. The van der Waals surface area contributed by atoms with Crippen molar-refractivity contribution in [3.05, 3.63) is 0 Å². The fourth-order valence-corrected chi connectivity index (χ4v) is 2.78. The molecule has 2 nitrogen and oxygen atoms in total. The molecule has 2 atom stereocenters. The van der Waals surface area contributed by atoms with Gasteiger partial charge in [0, 0.05) is 19.1 Å². The van der Waals surface area contributed by atoms with Crippen molar-refractivity contribution in [2.45, 2.75) is 52.5 Å². The molecule has 1 aliphatic rings. The Labute approximate surface area is 95.2 Å². The lowest BCUT2D eigenvalue weighted by Crippen LogP contribution is -2.40. The van der Waals surface area contributed by atoms with Crippen LogP contribution in [0.25, 0.3) is 0 Å². The normalized spacial score (nSPS) is 25.0. The van der Waals surface area contributed by atoms with Gasteiger partial charge in [0.25, 0.3) is 0 Å². The van der Waals surface area contributed by atoms with Gasteiger partial charge in [0.05, 0.1) is 0 Å². The van der Waals surface area contributed by atoms with E-state index in [1.807, 2.05) is 0 Å². The third-order valence-corrected chi connectivity index (χ3v) is 3.55. The van der Waals surface area contributed by atoms with Crippen molar-refractivity contribution >= 4 is 0 Å². The molecule has 1 saturated heterocycles. The van der Waals surface area contributed by atoms with E-state index in [1.54, 1.807) is 0 Å². The van der Waals surface area contributed by atoms with Gasteiger partial charge in [0.1, 0.15) is 0 Å². The molecule has 1 fully saturated rings. The van der Waals surface area contributed by atoms with Crippen molar-refractivity contribution in [3.8, 4) is 0 Å². The molecular formula is C13H28N2. The number of nitrogens with two attached hydrogens (primary N) is 1. The van der Waals surface area contributed by atoms with E-state index in [0.717, 1.165) is 18.4 Å². The van der Waals surface area contributed by atoms with Gasteiger partial charge in [0.15, 0.2) is 0 Å². The van der Waals surface area contributed by atoms with Crippen molar-refractivity contribution in [1.82, 2.24) is 4.90 Å². The van der Waals surface area contributed by atoms with Crippen molar-refractivity contribution in [3.63, 3.8) is 0 Å². The van der Waals surface area contributed by atoms with E-state index >= 15 is 0 Å². The molecule has 0 aromatic carbocycles. The van der Waals surface area contributed by atoms with Crippen molar-refractivity contribution < 1.29 is 0 Å². The van der Waals surface area contributed by atoms with Crippen LogP contribution in [0.15, 0.2) is 0 Å². The molecule has 0 radical (unpaired) electrons. The van der Waals surface area contributed by atoms with Crippen LogP contribution >= 0.6 is 0 Å². The van der Waals surface area contributed by atoms with Gasteiger partial charge in [-0.2, -0.15) is 0 Å². The third kappa shape index (κ3) is 4.12. The molecule has 1 aliphatic heterocycles. The smallest absolute Gasteiger partial charge is 0.0220 e. The molecule has 0 spiro atoms. The number of hydrogen-bond donors (Lipinski definition) is 1. The predicted octanol–water partition coefficient (Wildman–Crippen LogP) is 2.48. The highest BCUT2D eigenvalue weighted by Crippen LogP contribution is 2.24. The van der Waals surface area contributed by atoms with Gasteiger partial charge in [-0.25, -0.2) is 0 Å². The highest BCUT2D eigenvalue weighted by Gasteiger charge is 2.27. The van der Waals surface area contributed by atoms with Crippen LogP contribution in [0.4, 0.5) is 0 Å². The molecule has 0 aliphatic carbocycles. The average Bonchev–Trinajstić information content (AvgIpc) is 2.63. The van der Waals surface area contributed by atoms with Crippen LogP contribution in [0, 0.1) is 11.8 Å². The lowest BCUT2D eigenvalue weighted by molar-refractivity contribution is 0.209. The van der Waals surface area contributed by atoms with Crippen molar-refractivity contribution in [2.75, 3.05) is 19.6 Å². The maximum atomic E-state index is 5.88. The molecule has 0 saturated carbocycles. The van der Waals surface area contributed by atoms with E-state index < -0.39 is 0 Å². The fraction of sp³-hybridized carbons (Fsp3) is 1.00. The van der Waals surface area contributed by atoms with Crippen LogP contribution in [0.1, 0.15) is 46.5 Å². The summed E-state index contributed by atoms with van der Waals surface area (Å²) in [6.45, 7) is 10.3. The van der Waals surface area contributed by atoms with Gasteiger partial charge in [-0.1, -0.05) is 27.2 Å². The zero-order valence-electron chi connectivity index (χ0n) is 10.7. The van der Waals surface area contributed by atoms with Crippen molar-refractivity contribution in [1.29, 1.82) is 0 Å². The Morgan fingerprint density at radius 3 is 2.67 bits per heavy atom. The minimum atomic E-state index is 0.631. The quantitative estimate of drug-likeness (QED) is 0.733. The second-order valence-electron chi connectivity index (χ2n) is 5.46. The third-order valence-electron chi connectivity index (χ3n) is 3.55. The molecule has 2 unspecified atom stereocenters. The second kappa shape index (κ2) is 6.49. The topological polar surface area (TPSA) is 29.3 Å². The molecule has 90 valence electrons. The van der Waals surface area contributed by atoms with Gasteiger partial charge in [0.2, 0.25) is 0 Å². The molecule has 1 heterocycles. The van der Waals surface area contributed by atoms with Gasteiger partial charge < -0.3 is 5.73 Å². The Bertz CT molecular complexity index is 168. The summed E-state index contributed by atoms with van der Waals surface area (Å²) in [5.41, 5.74) is 5.88. The van der Waals surface area contributed by atoms with Crippen LogP contribution in [0.3, 0.4) is 0 Å². The number of hydrogen-bond acceptors (Lipinski definition) is 2. The number of nitrogens with zero attached hydrogens (tertiary/aromatic N) is 1. The Kier molecular flexibility index (Phi) is 5.62. The molecule has 2 N–H and O–H groups in total. The van der Waals surface area contributed by atoms with Gasteiger partial charge in [-0.15, -0.1) is 0 Å². The molecule has 0 bridgehead atoms. The summed E-state index contributed by atoms with van der Waals surface area (Å²) in [6.07, 6.45) is 5.38. The number of likely N-dealkylation sites (tertiary alicyclic amines) is 1. The standard InChI is InChI=1S/C13H28N2/c1-4-5-12-6-7-15(10-12)13(9-14)8-11(2)3/h11-13H,4-10,14H2,1-3H3. The minimum Gasteiger partial charge on any atom is -0.329 e. The van der Waals surface area contributed by atoms with Crippen LogP contribution in [-0.4, -0.2) is 30.6 Å². The summed E-state index contributed by atoms with van der Waals surface area (Å²) in [4.78, 5) is 2.63. The van der Waals surface area contributed by atoms with E-state index in [0.29, 0.717) is 6.04 Å². The SMILES string of the molecule is CCCC1CCN(C(CN)CC(C)C)C1. The summed E-state index contributed by atoms with van der Waals surface area (Å²) in [5, 5.41) is 0. The van der Waals surface area contributed by atoms with Gasteiger partial charge in [-0.3, -0.25) is 4.90 Å². The Morgan fingerprint density at radius 2 is 2.13 bits per heavy atom. The predicted molar refractivity (Wildman–Crippen MR) is 66.9 cm³/mol. The largest absolute Gasteiger partial charge is 0.329 e. The van der Waals surface area contributed by atoms with E-state index in [2.05, 4.69) is 25.7 Å². The van der Waals surface area contributed by atoms with Crippen LogP contribution in [-0.2, 0) is 0 Å². The van der Waals surface area contributed by atoms with E-state index in [1.165, 1.54) is 38.8 Å². The summed E-state index contributed by atoms with van der Waals surface area (Å²) in [6, 6.07) is 0.631. The Hall–Kier alpha value is -0.0800. The molecule has 0 aromatic heterocycles. The monoisotopic (exact) mass is 212 g/mol. The van der Waals surface area contributed by atoms with Crippen LogP contribution in [0.2, 0.25) is 0 Å². The summed E-state index contributed by atoms with van der Waals surface area (Å²) < 4.78 is 0. The molecule has 0 aromatic rings. The van der Waals surface area contributed by atoms with E-state index in [-0.39, 0.29) is 0 Å². The van der Waals surface area contributed by atoms with Crippen LogP contribution < -0.4 is 5.73 Å². The lowest BCUT2D eigenvalue weighted by Gasteiger charge is -2.28. The van der Waals surface area contributed by atoms with Gasteiger partial charge in [-0.05, 0) is 37.6 Å². The summed E-state index contributed by atoms with van der Waals surface area (Å²) >= 11 is 0. The van der Waals surface area contributed by atoms with Crippen LogP contribution in [0.5, 0.6) is 0 Å². The first-order valence-corrected chi connectivity index (χ1v) is 6.61. The summed E-state index contributed by atoms with van der Waals surface area (Å²) in [7, 11) is 0. The highest BCUT2D eigenvalue weighted by atomic mass is 15.2. The van der Waals surface area contributed by atoms with Gasteiger partial charge >= 0.3 is 0 Å². The van der Waals surface area contributed by atoms with Crippen molar-refractivity contribution in [2.24, 2.45) is 17.6 Å². The zero-order valence-corrected chi connectivity index (χ0v) is 10.7. The first kappa shape index (κ1) is 13.0. The molecule has 2 heteroatoms.